The van der Waals surface area contributed by atoms with Crippen LogP contribution in [-0.2, 0) is 16.6 Å². The van der Waals surface area contributed by atoms with Gasteiger partial charge in [0.1, 0.15) is 11.6 Å². The first kappa shape index (κ1) is 25.9. The Hall–Kier alpha value is -2.68. The molecule has 1 aromatic heterocycles. The van der Waals surface area contributed by atoms with E-state index in [4.69, 9.17) is 4.74 Å². The van der Waals surface area contributed by atoms with Crippen molar-refractivity contribution in [3.63, 3.8) is 0 Å². The van der Waals surface area contributed by atoms with Crippen LogP contribution >= 0.6 is 0 Å². The molecule has 1 saturated heterocycles. The van der Waals surface area contributed by atoms with E-state index >= 15 is 0 Å². The number of hydrogen-bond donors (Lipinski definition) is 0. The quantitative estimate of drug-likeness (QED) is 0.464. The lowest BCUT2D eigenvalue weighted by atomic mass is 10.1. The van der Waals surface area contributed by atoms with Crippen molar-refractivity contribution in [2.24, 2.45) is 0 Å². The molecule has 0 bridgehead atoms. The van der Waals surface area contributed by atoms with Crippen LogP contribution in [0.4, 0.5) is 4.39 Å². The standard InChI is InChI=1S/C20H29N3O3S.C6H5F/c1-5-14-27(24,25)23-9-8-18-19(23)7-6-17(20(18)26-16(2)3)15-22-12-10-21(4)11-13-22;7-6-4-2-1-3-5-6/h5-9,16H,1,10-15H2,2-4H3;1-5H. The van der Waals surface area contributed by atoms with E-state index in [0.29, 0.717) is 5.52 Å². The molecule has 6 nitrogen and oxygen atoms in total. The molecule has 2 heterocycles. The number of benzene rings is 2. The van der Waals surface area contributed by atoms with Crippen molar-refractivity contribution in [3.8, 4) is 5.75 Å². The SMILES string of the molecule is C=CCS(=O)(=O)n1ccc2c(OC(C)C)c(CN3CCN(C)CC3)ccc21.Fc1ccccc1. The lowest BCUT2D eigenvalue weighted by Crippen LogP contribution is -2.43. The maximum Gasteiger partial charge on any atom is 0.242 e. The molecule has 0 radical (unpaired) electrons. The van der Waals surface area contributed by atoms with E-state index in [1.807, 2.05) is 32.0 Å². The Morgan fingerprint density at radius 1 is 1.06 bits per heavy atom. The van der Waals surface area contributed by atoms with E-state index in [1.54, 1.807) is 24.4 Å². The highest BCUT2D eigenvalue weighted by Crippen LogP contribution is 2.33. The largest absolute Gasteiger partial charge is 0.490 e. The third-order valence-electron chi connectivity index (χ3n) is 5.57. The predicted molar refractivity (Wildman–Crippen MR) is 136 cm³/mol. The first-order valence-electron chi connectivity index (χ1n) is 11.5. The molecule has 1 fully saturated rings. The van der Waals surface area contributed by atoms with Crippen molar-refractivity contribution >= 4 is 20.9 Å². The number of piperazine rings is 1. The Morgan fingerprint density at radius 2 is 1.74 bits per heavy atom. The number of likely N-dealkylation sites (N-methyl/N-ethyl adjacent to an activating group) is 1. The van der Waals surface area contributed by atoms with Crippen molar-refractivity contribution in [2.75, 3.05) is 39.0 Å². The maximum absolute atomic E-state index is 12.5. The van der Waals surface area contributed by atoms with Gasteiger partial charge in [0.05, 0.1) is 17.4 Å². The van der Waals surface area contributed by atoms with Gasteiger partial charge in [-0.1, -0.05) is 30.3 Å². The van der Waals surface area contributed by atoms with Crippen LogP contribution in [0.1, 0.15) is 19.4 Å². The van der Waals surface area contributed by atoms with E-state index in [2.05, 4.69) is 23.4 Å². The van der Waals surface area contributed by atoms with Gasteiger partial charge in [-0.05, 0) is 45.2 Å². The van der Waals surface area contributed by atoms with E-state index in [-0.39, 0.29) is 17.7 Å². The van der Waals surface area contributed by atoms with Crippen molar-refractivity contribution in [3.05, 3.63) is 78.8 Å². The van der Waals surface area contributed by atoms with Gasteiger partial charge in [0.2, 0.25) is 10.0 Å². The van der Waals surface area contributed by atoms with Gasteiger partial charge < -0.3 is 9.64 Å². The Bertz CT molecular complexity index is 1180. The zero-order valence-corrected chi connectivity index (χ0v) is 21.0. The summed E-state index contributed by atoms with van der Waals surface area (Å²) in [6.45, 7) is 12.5. The van der Waals surface area contributed by atoms with Gasteiger partial charge in [0.15, 0.2) is 0 Å². The van der Waals surface area contributed by atoms with Crippen LogP contribution in [0.15, 0.2) is 67.4 Å². The first-order valence-corrected chi connectivity index (χ1v) is 13.1. The summed E-state index contributed by atoms with van der Waals surface area (Å²) in [5.74, 6) is 0.511. The topological polar surface area (TPSA) is 54.8 Å². The summed E-state index contributed by atoms with van der Waals surface area (Å²) >= 11 is 0. The molecule has 1 aliphatic rings. The zero-order valence-electron chi connectivity index (χ0n) is 20.2. The van der Waals surface area contributed by atoms with Gasteiger partial charge >= 0.3 is 0 Å². The minimum atomic E-state index is -3.46. The summed E-state index contributed by atoms with van der Waals surface area (Å²) in [6.07, 6.45) is 3.03. The average Bonchev–Trinajstić information content (AvgIpc) is 3.23. The van der Waals surface area contributed by atoms with Gasteiger partial charge in [-0.15, -0.1) is 6.58 Å². The number of fused-ring (bicyclic) bond motifs is 1. The molecule has 0 saturated carbocycles. The molecule has 4 rings (SSSR count). The number of aromatic nitrogens is 1. The minimum absolute atomic E-state index is 0.00923. The maximum atomic E-state index is 12.5. The van der Waals surface area contributed by atoms with Crippen LogP contribution in [0.2, 0.25) is 0 Å². The van der Waals surface area contributed by atoms with Crippen molar-refractivity contribution in [1.29, 1.82) is 0 Å². The Kier molecular flexibility index (Phi) is 8.88. The molecular formula is C26H34FN3O3S. The molecule has 0 amide bonds. The minimum Gasteiger partial charge on any atom is -0.490 e. The van der Waals surface area contributed by atoms with Crippen LogP contribution in [0.5, 0.6) is 5.75 Å². The van der Waals surface area contributed by atoms with Crippen LogP contribution in [0.3, 0.4) is 0 Å². The third-order valence-corrected chi connectivity index (χ3v) is 7.15. The highest BCUT2D eigenvalue weighted by atomic mass is 32.2. The summed E-state index contributed by atoms with van der Waals surface area (Å²) in [7, 11) is -1.32. The van der Waals surface area contributed by atoms with Gasteiger partial charge in [0, 0.05) is 49.9 Å². The van der Waals surface area contributed by atoms with E-state index in [9.17, 15) is 12.8 Å². The van der Waals surface area contributed by atoms with E-state index in [0.717, 1.165) is 49.4 Å². The van der Waals surface area contributed by atoms with Gasteiger partial charge in [-0.3, -0.25) is 4.90 Å². The van der Waals surface area contributed by atoms with Gasteiger partial charge in [-0.25, -0.2) is 16.8 Å². The lowest BCUT2D eigenvalue weighted by molar-refractivity contribution is 0.145. The number of nitrogens with zero attached hydrogens (tertiary/aromatic N) is 3. The second-order valence-electron chi connectivity index (χ2n) is 8.71. The lowest BCUT2D eigenvalue weighted by Gasteiger charge is -2.32. The van der Waals surface area contributed by atoms with E-state index < -0.39 is 10.0 Å². The number of rotatable bonds is 7. The summed E-state index contributed by atoms with van der Waals surface area (Å²) in [5, 5.41) is 0.836. The number of hydrogen-bond acceptors (Lipinski definition) is 5. The van der Waals surface area contributed by atoms with Crippen molar-refractivity contribution < 1.29 is 17.5 Å². The number of ether oxygens (including phenoxy) is 1. The normalized spacial score (nSPS) is 15.2. The highest BCUT2D eigenvalue weighted by molar-refractivity contribution is 7.90. The Labute approximate surface area is 202 Å². The van der Waals surface area contributed by atoms with Crippen LogP contribution in [-0.4, -0.2) is 67.3 Å². The molecule has 8 heteroatoms. The van der Waals surface area contributed by atoms with E-state index in [1.165, 1.54) is 22.2 Å². The molecule has 2 aromatic carbocycles. The smallest absolute Gasteiger partial charge is 0.242 e. The fourth-order valence-corrected chi connectivity index (χ4v) is 5.01. The Balaban J connectivity index is 0.000000396. The summed E-state index contributed by atoms with van der Waals surface area (Å²) in [5.41, 5.74) is 1.74. The molecule has 0 N–H and O–H groups in total. The van der Waals surface area contributed by atoms with Crippen LogP contribution in [0.25, 0.3) is 10.9 Å². The summed E-state index contributed by atoms with van der Waals surface area (Å²) in [6, 6.07) is 13.7. The highest BCUT2D eigenvalue weighted by Gasteiger charge is 2.21. The van der Waals surface area contributed by atoms with Crippen LogP contribution < -0.4 is 4.74 Å². The zero-order chi connectivity index (χ0) is 24.7. The predicted octanol–water partition coefficient (Wildman–Crippen LogP) is 4.37. The average molecular weight is 488 g/mol. The molecule has 1 aliphatic heterocycles. The molecule has 0 aliphatic carbocycles. The van der Waals surface area contributed by atoms with Gasteiger partial charge in [0.25, 0.3) is 0 Å². The van der Waals surface area contributed by atoms with Crippen molar-refractivity contribution in [1.82, 2.24) is 13.8 Å². The monoisotopic (exact) mass is 487 g/mol. The second-order valence-corrected chi connectivity index (χ2v) is 10.6. The molecule has 0 unspecified atom stereocenters. The second kappa shape index (κ2) is 11.6. The van der Waals surface area contributed by atoms with Crippen LogP contribution in [0, 0.1) is 5.82 Å². The fraction of sp³-hybridized carbons (Fsp3) is 0.385. The number of halogens is 1. The molecule has 3 aromatic rings. The third kappa shape index (κ3) is 6.68. The Morgan fingerprint density at radius 3 is 2.29 bits per heavy atom. The summed E-state index contributed by atoms with van der Waals surface area (Å²) < 4.78 is 44.4. The molecular weight excluding hydrogens is 453 g/mol. The molecule has 184 valence electrons. The fourth-order valence-electron chi connectivity index (χ4n) is 3.84. The first-order chi connectivity index (χ1) is 16.2. The molecule has 0 atom stereocenters. The molecule has 0 spiro atoms. The van der Waals surface area contributed by atoms with Crippen molar-refractivity contribution in [2.45, 2.75) is 26.5 Å². The molecule has 34 heavy (non-hydrogen) atoms. The summed E-state index contributed by atoms with van der Waals surface area (Å²) in [4.78, 5) is 4.75. The van der Waals surface area contributed by atoms with Gasteiger partial charge in [-0.2, -0.15) is 0 Å².